The van der Waals surface area contributed by atoms with Crippen molar-refractivity contribution in [2.45, 2.75) is 33.1 Å². The maximum absolute atomic E-state index is 4.97. The summed E-state index contributed by atoms with van der Waals surface area (Å²) < 4.78 is 0.950. The summed E-state index contributed by atoms with van der Waals surface area (Å²) in [5, 5.41) is 2.48. The van der Waals surface area contributed by atoms with Crippen LogP contribution in [0.2, 0.25) is 0 Å². The monoisotopic (exact) mass is 661 g/mol. The Balaban J connectivity index is 0.00000182. The highest BCUT2D eigenvalue weighted by Gasteiger charge is 2.37. The van der Waals surface area contributed by atoms with E-state index >= 15 is 0 Å². The predicted octanol–water partition coefficient (Wildman–Crippen LogP) is 11.9. The molecule has 4 heteroatoms. The molecule has 0 N–H and O–H groups in total. The van der Waals surface area contributed by atoms with Crippen LogP contribution in [0.1, 0.15) is 44.6 Å². The van der Waals surface area contributed by atoms with E-state index in [0.717, 1.165) is 26.7 Å². The molecule has 0 atom stereocenters. The zero-order chi connectivity index (χ0) is 32.4. The lowest BCUT2D eigenvalue weighted by molar-refractivity contribution is 0.661. The van der Waals surface area contributed by atoms with Crippen LogP contribution in [0.3, 0.4) is 0 Å². The lowest BCUT2D eigenvalue weighted by Crippen LogP contribution is -2.15. The van der Waals surface area contributed by atoms with Gasteiger partial charge in [0.25, 0.3) is 0 Å². The van der Waals surface area contributed by atoms with Gasteiger partial charge in [0, 0.05) is 26.6 Å². The van der Waals surface area contributed by atoms with E-state index in [0.29, 0.717) is 17.5 Å². The lowest BCUT2D eigenvalue weighted by atomic mass is 9.80. The van der Waals surface area contributed by atoms with Gasteiger partial charge in [-0.15, -0.1) is 0 Å². The molecule has 7 rings (SSSR count). The fourth-order valence-electron chi connectivity index (χ4n) is 6.37. The van der Waals surface area contributed by atoms with Gasteiger partial charge in [0.15, 0.2) is 17.5 Å². The number of hydrogen-bond acceptors (Lipinski definition) is 3. The first kappa shape index (κ1) is 31.1. The first-order chi connectivity index (χ1) is 22.4. The molecule has 0 saturated heterocycles. The van der Waals surface area contributed by atoms with E-state index in [1.807, 2.05) is 50.3 Å². The van der Waals surface area contributed by atoms with Crippen LogP contribution in [0, 0.1) is 0 Å². The quantitative estimate of drug-likeness (QED) is 0.167. The van der Waals surface area contributed by atoms with Crippen molar-refractivity contribution >= 4 is 32.3 Å². The summed E-state index contributed by atoms with van der Waals surface area (Å²) in [6, 6.07) is 36.4. The SMILES string of the molecule is C=C/C=C(\C=C)c1nc(-c2ccccc2)nc(-c2cc(Br)cc(-c3cc4c(c5ccccc35)-c3ccccc3C4(C)C)c2)n1.CC. The summed E-state index contributed by atoms with van der Waals surface area (Å²) in [6.45, 7) is 16.5. The Morgan fingerprint density at radius 2 is 1.28 bits per heavy atom. The van der Waals surface area contributed by atoms with Gasteiger partial charge in [0.05, 0.1) is 0 Å². The molecule has 6 aromatic rings. The Labute approximate surface area is 280 Å². The van der Waals surface area contributed by atoms with Crippen molar-refractivity contribution in [2.24, 2.45) is 0 Å². The molecule has 0 amide bonds. The van der Waals surface area contributed by atoms with E-state index in [4.69, 9.17) is 15.0 Å². The molecule has 1 aliphatic rings. The van der Waals surface area contributed by atoms with Crippen LogP contribution in [0.25, 0.3) is 61.4 Å². The molecule has 226 valence electrons. The number of allylic oxidation sites excluding steroid dienone is 4. The molecule has 0 spiro atoms. The second-order valence-electron chi connectivity index (χ2n) is 11.5. The van der Waals surface area contributed by atoms with Crippen molar-refractivity contribution in [2.75, 3.05) is 0 Å². The molecule has 1 heterocycles. The van der Waals surface area contributed by atoms with E-state index in [-0.39, 0.29) is 5.41 Å². The molecule has 0 fully saturated rings. The van der Waals surface area contributed by atoms with Gasteiger partial charge in [0.1, 0.15) is 0 Å². The Bertz CT molecular complexity index is 2140. The van der Waals surface area contributed by atoms with Crippen molar-refractivity contribution in [1.82, 2.24) is 15.0 Å². The summed E-state index contributed by atoms with van der Waals surface area (Å²) >= 11 is 3.82. The third-order valence-corrected chi connectivity index (χ3v) is 8.96. The summed E-state index contributed by atoms with van der Waals surface area (Å²) in [5.74, 6) is 1.74. The second kappa shape index (κ2) is 12.8. The molecule has 0 unspecified atom stereocenters. The average Bonchev–Trinajstić information content (AvgIpc) is 3.33. The third kappa shape index (κ3) is 5.44. The van der Waals surface area contributed by atoms with Crippen LogP contribution in [0.5, 0.6) is 0 Å². The smallest absolute Gasteiger partial charge is 0.164 e. The van der Waals surface area contributed by atoms with Gasteiger partial charge in [-0.25, -0.2) is 15.0 Å². The maximum Gasteiger partial charge on any atom is 0.164 e. The molecule has 0 aliphatic heterocycles. The van der Waals surface area contributed by atoms with Crippen LogP contribution >= 0.6 is 15.9 Å². The van der Waals surface area contributed by atoms with E-state index < -0.39 is 0 Å². The highest BCUT2D eigenvalue weighted by molar-refractivity contribution is 9.10. The highest BCUT2D eigenvalue weighted by Crippen LogP contribution is 2.53. The molecule has 46 heavy (non-hydrogen) atoms. The van der Waals surface area contributed by atoms with Crippen molar-refractivity contribution < 1.29 is 0 Å². The van der Waals surface area contributed by atoms with E-state index in [9.17, 15) is 0 Å². The normalized spacial score (nSPS) is 12.9. The Morgan fingerprint density at radius 1 is 0.652 bits per heavy atom. The Kier molecular flexibility index (Phi) is 8.66. The van der Waals surface area contributed by atoms with Crippen molar-refractivity contribution in [1.29, 1.82) is 0 Å². The number of nitrogens with zero attached hydrogens (tertiary/aromatic N) is 3. The first-order valence-electron chi connectivity index (χ1n) is 15.6. The van der Waals surface area contributed by atoms with Gasteiger partial charge in [0.2, 0.25) is 0 Å². The van der Waals surface area contributed by atoms with Crippen LogP contribution in [0.4, 0.5) is 0 Å². The van der Waals surface area contributed by atoms with E-state index in [2.05, 4.69) is 116 Å². The largest absolute Gasteiger partial charge is 0.208 e. The zero-order valence-electron chi connectivity index (χ0n) is 26.7. The minimum absolute atomic E-state index is 0.119. The summed E-state index contributed by atoms with van der Waals surface area (Å²) in [5.41, 5.74) is 10.1. The van der Waals surface area contributed by atoms with Gasteiger partial charge in [-0.1, -0.05) is 154 Å². The standard InChI is InChI=1S/C40H30BrN3.C2H6/c1-5-14-25(6-2)37-42-38(26-15-8-7-9-16-26)44-39(43-37)28-21-27(22-29(41)23-28)33-24-35-36(31-18-11-10-17-30(31)33)32-19-12-13-20-34(32)40(35,3)4;1-2/h5-24H,1-2H2,3-4H3;1-2H3/b25-14+;. The molecule has 1 aliphatic carbocycles. The number of benzene rings is 5. The minimum Gasteiger partial charge on any atom is -0.208 e. The first-order valence-corrected chi connectivity index (χ1v) is 16.4. The fraction of sp³-hybridized carbons (Fsp3) is 0.119. The molecule has 1 aromatic heterocycles. The summed E-state index contributed by atoms with van der Waals surface area (Å²) in [7, 11) is 0. The van der Waals surface area contributed by atoms with Gasteiger partial charge < -0.3 is 0 Å². The molecular weight excluding hydrogens is 626 g/mol. The Hall–Kier alpha value is -4.93. The van der Waals surface area contributed by atoms with E-state index in [1.54, 1.807) is 12.2 Å². The van der Waals surface area contributed by atoms with Crippen molar-refractivity contribution in [3.63, 3.8) is 0 Å². The second-order valence-corrected chi connectivity index (χ2v) is 12.4. The van der Waals surface area contributed by atoms with Gasteiger partial charge in [-0.05, 0) is 68.4 Å². The van der Waals surface area contributed by atoms with Gasteiger partial charge in [-0.3, -0.25) is 0 Å². The number of rotatable bonds is 6. The van der Waals surface area contributed by atoms with Gasteiger partial charge in [-0.2, -0.15) is 0 Å². The van der Waals surface area contributed by atoms with Crippen LogP contribution < -0.4 is 0 Å². The minimum atomic E-state index is -0.119. The molecular formula is C42H36BrN3. The fourth-order valence-corrected chi connectivity index (χ4v) is 6.87. The van der Waals surface area contributed by atoms with E-state index in [1.165, 1.54) is 38.6 Å². The average molecular weight is 663 g/mol. The molecule has 5 aromatic carbocycles. The van der Waals surface area contributed by atoms with Crippen LogP contribution in [-0.4, -0.2) is 15.0 Å². The zero-order valence-corrected chi connectivity index (χ0v) is 28.3. The third-order valence-electron chi connectivity index (χ3n) is 8.50. The molecule has 0 saturated carbocycles. The maximum atomic E-state index is 4.97. The van der Waals surface area contributed by atoms with Gasteiger partial charge >= 0.3 is 0 Å². The van der Waals surface area contributed by atoms with Crippen LogP contribution in [0.15, 0.2) is 139 Å². The number of fused-ring (bicyclic) bond motifs is 5. The van der Waals surface area contributed by atoms with Crippen molar-refractivity contribution in [3.8, 4) is 45.0 Å². The summed E-state index contributed by atoms with van der Waals surface area (Å²) in [6.07, 6.45) is 5.33. The van der Waals surface area contributed by atoms with Crippen LogP contribution in [-0.2, 0) is 5.41 Å². The topological polar surface area (TPSA) is 38.7 Å². The summed E-state index contributed by atoms with van der Waals surface area (Å²) in [4.78, 5) is 14.7. The molecule has 0 radical (unpaired) electrons. The predicted molar refractivity (Wildman–Crippen MR) is 199 cm³/mol. The molecule has 3 nitrogen and oxygen atoms in total. The Morgan fingerprint density at radius 3 is 2.00 bits per heavy atom. The number of halogens is 1. The number of hydrogen-bond donors (Lipinski definition) is 0. The van der Waals surface area contributed by atoms with Crippen molar-refractivity contribution in [3.05, 3.63) is 156 Å². The molecule has 0 bridgehead atoms. The lowest BCUT2D eigenvalue weighted by Gasteiger charge is -2.23. The highest BCUT2D eigenvalue weighted by atomic mass is 79.9. The number of aromatic nitrogens is 3.